The van der Waals surface area contributed by atoms with Crippen molar-refractivity contribution in [2.45, 2.75) is 52.0 Å². The van der Waals surface area contributed by atoms with Gasteiger partial charge >= 0.3 is 5.97 Å². The highest BCUT2D eigenvalue weighted by molar-refractivity contribution is 7.10. The van der Waals surface area contributed by atoms with Gasteiger partial charge in [0.25, 0.3) is 5.91 Å². The highest BCUT2D eigenvalue weighted by Crippen LogP contribution is 2.33. The van der Waals surface area contributed by atoms with E-state index in [9.17, 15) is 9.59 Å². The van der Waals surface area contributed by atoms with Crippen molar-refractivity contribution in [3.05, 3.63) is 21.4 Å². The Kier molecular flexibility index (Phi) is 4.18. The molecule has 2 N–H and O–H groups in total. The predicted octanol–water partition coefficient (Wildman–Crippen LogP) is 2.86. The molecule has 1 heterocycles. The molecule has 5 heteroatoms. The number of amides is 1. The molecule has 1 atom stereocenters. The zero-order chi connectivity index (χ0) is 14.9. The first-order chi connectivity index (χ1) is 9.28. The number of aliphatic carboxylic acids is 1. The number of hydrogen-bond donors (Lipinski definition) is 2. The summed E-state index contributed by atoms with van der Waals surface area (Å²) in [6, 6.07) is 0. The molecular weight excluding hydrogens is 274 g/mol. The van der Waals surface area contributed by atoms with Crippen LogP contribution in [0.3, 0.4) is 0 Å². The summed E-state index contributed by atoms with van der Waals surface area (Å²) in [6.45, 7) is 5.71. The average molecular weight is 295 g/mol. The number of fused-ring (bicyclic) bond motifs is 1. The van der Waals surface area contributed by atoms with E-state index in [-0.39, 0.29) is 12.3 Å². The first-order valence-corrected chi connectivity index (χ1v) is 7.80. The minimum atomic E-state index is -0.906. The Balaban J connectivity index is 2.13. The lowest BCUT2D eigenvalue weighted by molar-refractivity contribution is -0.138. The van der Waals surface area contributed by atoms with Crippen LogP contribution < -0.4 is 5.32 Å². The van der Waals surface area contributed by atoms with Crippen LogP contribution in [0.4, 0.5) is 0 Å². The molecule has 0 saturated carbocycles. The number of hydrogen-bond acceptors (Lipinski definition) is 3. The molecule has 0 bridgehead atoms. The Labute approximate surface area is 123 Å². The van der Waals surface area contributed by atoms with Crippen molar-refractivity contribution in [2.24, 2.45) is 5.92 Å². The summed E-state index contributed by atoms with van der Waals surface area (Å²) in [4.78, 5) is 24.5. The van der Waals surface area contributed by atoms with Gasteiger partial charge in [0.2, 0.25) is 0 Å². The number of rotatable bonds is 4. The molecule has 2 rings (SSSR count). The maximum atomic E-state index is 12.4. The third kappa shape index (κ3) is 3.39. The molecule has 1 aromatic rings. The van der Waals surface area contributed by atoms with E-state index in [1.165, 1.54) is 4.88 Å². The highest BCUT2D eigenvalue weighted by atomic mass is 32.1. The monoisotopic (exact) mass is 295 g/mol. The first-order valence-electron chi connectivity index (χ1n) is 6.92. The molecule has 1 unspecified atom stereocenters. The molecule has 0 aromatic carbocycles. The van der Waals surface area contributed by atoms with Crippen LogP contribution >= 0.6 is 11.3 Å². The van der Waals surface area contributed by atoms with Crippen molar-refractivity contribution in [2.75, 3.05) is 0 Å². The molecule has 0 saturated heterocycles. The predicted molar refractivity (Wildman–Crippen MR) is 79.3 cm³/mol. The minimum absolute atomic E-state index is 0.0812. The Morgan fingerprint density at radius 1 is 1.50 bits per heavy atom. The quantitative estimate of drug-likeness (QED) is 0.897. The molecule has 1 aromatic heterocycles. The number of thiophene rings is 1. The van der Waals surface area contributed by atoms with Crippen LogP contribution in [0, 0.1) is 5.92 Å². The van der Waals surface area contributed by atoms with Gasteiger partial charge in [-0.25, -0.2) is 0 Å². The van der Waals surface area contributed by atoms with Gasteiger partial charge in [-0.15, -0.1) is 11.3 Å². The smallest absolute Gasteiger partial charge is 0.305 e. The second-order valence-corrected chi connectivity index (χ2v) is 7.27. The third-order valence-electron chi connectivity index (χ3n) is 3.69. The number of carbonyl (C=O) groups is 2. The van der Waals surface area contributed by atoms with Crippen molar-refractivity contribution >= 4 is 23.2 Å². The van der Waals surface area contributed by atoms with Crippen molar-refractivity contribution in [1.29, 1.82) is 0 Å². The topological polar surface area (TPSA) is 66.4 Å². The summed E-state index contributed by atoms with van der Waals surface area (Å²) in [6.07, 6.45) is 3.03. The van der Waals surface area contributed by atoms with E-state index in [0.717, 1.165) is 30.4 Å². The zero-order valence-corrected chi connectivity index (χ0v) is 13.0. The van der Waals surface area contributed by atoms with Crippen LogP contribution in [0.2, 0.25) is 0 Å². The van der Waals surface area contributed by atoms with E-state index in [1.54, 1.807) is 25.2 Å². The maximum Gasteiger partial charge on any atom is 0.305 e. The molecule has 4 nitrogen and oxygen atoms in total. The normalized spacial score (nSPS) is 18.4. The summed E-state index contributed by atoms with van der Waals surface area (Å²) >= 11 is 1.65. The molecular formula is C15H21NO3S. The number of carboxylic acid groups (broad SMARTS) is 1. The molecule has 0 spiro atoms. The van der Waals surface area contributed by atoms with Gasteiger partial charge in [-0.05, 0) is 44.6 Å². The minimum Gasteiger partial charge on any atom is -0.481 e. The van der Waals surface area contributed by atoms with Crippen molar-refractivity contribution in [3.63, 3.8) is 0 Å². The summed E-state index contributed by atoms with van der Waals surface area (Å²) in [5.41, 5.74) is 1.16. The van der Waals surface area contributed by atoms with E-state index in [4.69, 9.17) is 5.11 Å². The second-order valence-electron chi connectivity index (χ2n) is 6.31. The van der Waals surface area contributed by atoms with E-state index in [1.807, 2.05) is 5.38 Å². The molecule has 0 fully saturated rings. The lowest BCUT2D eigenvalue weighted by Crippen LogP contribution is -2.45. The van der Waals surface area contributed by atoms with Gasteiger partial charge in [0.1, 0.15) is 0 Å². The van der Waals surface area contributed by atoms with Gasteiger partial charge in [-0.2, -0.15) is 0 Å². The fourth-order valence-electron chi connectivity index (χ4n) is 2.66. The van der Waals surface area contributed by atoms with Crippen LogP contribution in [-0.4, -0.2) is 22.5 Å². The fourth-order valence-corrected chi connectivity index (χ4v) is 3.91. The SMILES string of the molecule is CC1CCc2c(C(=O)NC(C)(C)CC(=O)O)csc2C1. The van der Waals surface area contributed by atoms with Gasteiger partial charge in [-0.1, -0.05) is 6.92 Å². The Hall–Kier alpha value is -1.36. The summed E-state index contributed by atoms with van der Waals surface area (Å²) in [5, 5.41) is 13.6. The van der Waals surface area contributed by atoms with Crippen LogP contribution in [-0.2, 0) is 17.6 Å². The second kappa shape index (κ2) is 5.56. The lowest BCUT2D eigenvalue weighted by Gasteiger charge is -2.25. The van der Waals surface area contributed by atoms with E-state index < -0.39 is 11.5 Å². The van der Waals surface area contributed by atoms with Gasteiger partial charge in [0.05, 0.1) is 12.0 Å². The summed E-state index contributed by atoms with van der Waals surface area (Å²) in [7, 11) is 0. The lowest BCUT2D eigenvalue weighted by atomic mass is 9.88. The van der Waals surface area contributed by atoms with Crippen molar-refractivity contribution in [1.82, 2.24) is 5.32 Å². The largest absolute Gasteiger partial charge is 0.481 e. The van der Waals surface area contributed by atoms with Crippen molar-refractivity contribution < 1.29 is 14.7 Å². The van der Waals surface area contributed by atoms with Crippen LogP contribution in [0.1, 0.15) is 54.4 Å². The molecule has 20 heavy (non-hydrogen) atoms. The Morgan fingerprint density at radius 2 is 2.20 bits per heavy atom. The molecule has 0 radical (unpaired) electrons. The molecule has 1 aliphatic rings. The molecule has 1 aliphatic carbocycles. The van der Waals surface area contributed by atoms with Crippen molar-refractivity contribution in [3.8, 4) is 0 Å². The first kappa shape index (κ1) is 15.0. The van der Waals surface area contributed by atoms with Gasteiger partial charge in [-0.3, -0.25) is 9.59 Å². The van der Waals surface area contributed by atoms with Crippen LogP contribution in [0.25, 0.3) is 0 Å². The van der Waals surface area contributed by atoms with Crippen LogP contribution in [0.15, 0.2) is 5.38 Å². The Bertz CT molecular complexity index is 533. The van der Waals surface area contributed by atoms with Crippen LogP contribution in [0.5, 0.6) is 0 Å². The average Bonchev–Trinajstić information content (AvgIpc) is 2.68. The maximum absolute atomic E-state index is 12.4. The number of carbonyl (C=O) groups excluding carboxylic acids is 1. The van der Waals surface area contributed by atoms with E-state index in [2.05, 4.69) is 12.2 Å². The summed E-state index contributed by atoms with van der Waals surface area (Å²) in [5.74, 6) is -0.375. The number of nitrogens with one attached hydrogen (secondary N) is 1. The zero-order valence-electron chi connectivity index (χ0n) is 12.2. The molecule has 110 valence electrons. The summed E-state index contributed by atoms with van der Waals surface area (Å²) < 4.78 is 0. The van der Waals surface area contributed by atoms with Gasteiger partial charge in [0, 0.05) is 15.8 Å². The Morgan fingerprint density at radius 3 is 2.85 bits per heavy atom. The fraction of sp³-hybridized carbons (Fsp3) is 0.600. The molecule has 0 aliphatic heterocycles. The highest BCUT2D eigenvalue weighted by Gasteiger charge is 2.28. The van der Waals surface area contributed by atoms with Gasteiger partial charge in [0.15, 0.2) is 0 Å². The molecule has 1 amide bonds. The van der Waals surface area contributed by atoms with Gasteiger partial charge < -0.3 is 10.4 Å². The van der Waals surface area contributed by atoms with E-state index >= 15 is 0 Å². The van der Waals surface area contributed by atoms with E-state index in [0.29, 0.717) is 5.92 Å². The standard InChI is InChI=1S/C15H21NO3S/c1-9-4-5-10-11(8-20-12(10)6-9)14(19)16-15(2,3)7-13(17)18/h8-9H,4-7H2,1-3H3,(H,16,19)(H,17,18). The number of carboxylic acids is 1. The third-order valence-corrected chi connectivity index (χ3v) is 4.74.